The van der Waals surface area contributed by atoms with Crippen LogP contribution in [0.2, 0.25) is 5.02 Å². The molecule has 0 bridgehead atoms. The van der Waals surface area contributed by atoms with Crippen LogP contribution in [0, 0.1) is 0 Å². The Morgan fingerprint density at radius 3 is 2.72 bits per heavy atom. The lowest BCUT2D eigenvalue weighted by molar-refractivity contribution is 0.0696. The molecule has 0 saturated heterocycles. The van der Waals surface area contributed by atoms with Gasteiger partial charge in [0, 0.05) is 30.1 Å². The zero-order valence-electron chi connectivity index (χ0n) is 15.4. The number of aromatic carboxylic acids is 1. The quantitative estimate of drug-likeness (QED) is 0.398. The minimum Gasteiger partial charge on any atom is -0.506 e. The lowest BCUT2D eigenvalue weighted by atomic mass is 10.0. The van der Waals surface area contributed by atoms with Crippen LogP contribution in [0.5, 0.6) is 11.5 Å². The number of aliphatic hydroxyl groups excluding tert-OH is 1. The first kappa shape index (κ1) is 20.7. The highest BCUT2D eigenvalue weighted by Gasteiger charge is 2.16. The highest BCUT2D eigenvalue weighted by molar-refractivity contribution is 6.33. The van der Waals surface area contributed by atoms with Gasteiger partial charge < -0.3 is 30.4 Å². The van der Waals surface area contributed by atoms with E-state index in [1.54, 1.807) is 12.1 Å². The van der Waals surface area contributed by atoms with Crippen LogP contribution in [-0.4, -0.2) is 39.9 Å². The van der Waals surface area contributed by atoms with Gasteiger partial charge in [-0.15, -0.1) is 0 Å². The molecule has 9 heteroatoms. The second-order valence-corrected chi connectivity index (χ2v) is 6.79. The largest absolute Gasteiger partial charge is 0.506 e. The molecular weight excluding hydrogens is 400 g/mol. The third-order valence-electron chi connectivity index (χ3n) is 4.52. The molecule has 0 fully saturated rings. The zero-order valence-corrected chi connectivity index (χ0v) is 16.2. The average Bonchev–Trinajstić information content (AvgIpc) is 2.68. The number of halogens is 1. The fraction of sp³-hybridized carbons (Fsp3) is 0.200. The number of aromatic amines is 1. The summed E-state index contributed by atoms with van der Waals surface area (Å²) in [7, 11) is 1.43. The highest BCUT2D eigenvalue weighted by atomic mass is 35.5. The molecule has 1 aromatic heterocycles. The Bertz CT molecular complexity index is 1130. The molecule has 8 nitrogen and oxygen atoms in total. The van der Waals surface area contributed by atoms with E-state index in [0.717, 1.165) is 0 Å². The first-order valence-electron chi connectivity index (χ1n) is 8.65. The third-order valence-corrected chi connectivity index (χ3v) is 4.83. The number of fused-ring (bicyclic) bond motifs is 1. The van der Waals surface area contributed by atoms with Gasteiger partial charge in [0.05, 0.1) is 29.3 Å². The summed E-state index contributed by atoms with van der Waals surface area (Å²) < 4.78 is 5.23. The van der Waals surface area contributed by atoms with Gasteiger partial charge in [-0.05, 0) is 29.8 Å². The van der Waals surface area contributed by atoms with Crippen LogP contribution in [0.1, 0.15) is 27.6 Å². The Balaban J connectivity index is 1.77. The van der Waals surface area contributed by atoms with Crippen molar-refractivity contribution in [2.45, 2.75) is 12.6 Å². The number of pyridine rings is 1. The van der Waals surface area contributed by atoms with Crippen LogP contribution in [0.4, 0.5) is 0 Å². The van der Waals surface area contributed by atoms with Gasteiger partial charge in [-0.1, -0.05) is 17.7 Å². The molecule has 2 aromatic carbocycles. The highest BCUT2D eigenvalue weighted by Crippen LogP contribution is 2.29. The Kier molecular flexibility index (Phi) is 6.07. The maximum absolute atomic E-state index is 11.5. The second kappa shape index (κ2) is 8.52. The number of carbonyl (C=O) groups is 1. The average molecular weight is 419 g/mol. The van der Waals surface area contributed by atoms with Crippen LogP contribution in [-0.2, 0) is 6.54 Å². The van der Waals surface area contributed by atoms with Crippen molar-refractivity contribution in [2.75, 3.05) is 13.7 Å². The number of phenolic OH excluding ortho intramolecular Hbond substituents is 1. The number of benzene rings is 2. The van der Waals surface area contributed by atoms with Gasteiger partial charge in [-0.25, -0.2) is 4.79 Å². The van der Waals surface area contributed by atoms with Crippen molar-refractivity contribution >= 4 is 28.5 Å². The SMILES string of the molecule is COc1cc(C(=O)O)c(Cl)cc1CNC[C@H](O)c1ccc(O)c2[nH]c(=O)ccc12. The van der Waals surface area contributed by atoms with Crippen molar-refractivity contribution in [1.29, 1.82) is 0 Å². The van der Waals surface area contributed by atoms with Crippen molar-refractivity contribution in [3.8, 4) is 11.5 Å². The number of carboxylic acid groups (broad SMARTS) is 1. The molecule has 0 radical (unpaired) electrons. The van der Waals surface area contributed by atoms with E-state index in [0.29, 0.717) is 22.3 Å². The van der Waals surface area contributed by atoms with Crippen LogP contribution in [0.3, 0.4) is 0 Å². The molecule has 29 heavy (non-hydrogen) atoms. The fourth-order valence-corrected chi connectivity index (χ4v) is 3.36. The van der Waals surface area contributed by atoms with E-state index in [1.165, 1.54) is 31.4 Å². The van der Waals surface area contributed by atoms with Gasteiger partial charge in [0.2, 0.25) is 5.56 Å². The number of phenols is 1. The Morgan fingerprint density at radius 1 is 1.28 bits per heavy atom. The summed E-state index contributed by atoms with van der Waals surface area (Å²) in [5.74, 6) is -0.874. The maximum Gasteiger partial charge on any atom is 0.337 e. The Morgan fingerprint density at radius 2 is 2.03 bits per heavy atom. The van der Waals surface area contributed by atoms with E-state index in [9.17, 15) is 19.8 Å². The number of aromatic nitrogens is 1. The zero-order chi connectivity index (χ0) is 21.1. The number of rotatable bonds is 7. The van der Waals surface area contributed by atoms with E-state index in [-0.39, 0.29) is 40.5 Å². The number of H-pyrrole nitrogens is 1. The molecule has 0 amide bonds. The molecule has 3 rings (SSSR count). The second-order valence-electron chi connectivity index (χ2n) is 6.38. The van der Waals surface area contributed by atoms with Gasteiger partial charge in [-0.3, -0.25) is 4.79 Å². The normalized spacial score (nSPS) is 12.1. The summed E-state index contributed by atoms with van der Waals surface area (Å²) in [4.78, 5) is 25.2. The summed E-state index contributed by atoms with van der Waals surface area (Å²) in [5, 5.41) is 33.4. The van der Waals surface area contributed by atoms with E-state index >= 15 is 0 Å². The molecule has 1 heterocycles. The van der Waals surface area contributed by atoms with E-state index in [1.807, 2.05) is 0 Å². The predicted octanol–water partition coefficient (Wildman–Crippen LogP) is 2.42. The number of methoxy groups -OCH3 is 1. The van der Waals surface area contributed by atoms with E-state index in [4.69, 9.17) is 21.4 Å². The van der Waals surface area contributed by atoms with E-state index < -0.39 is 12.1 Å². The number of aliphatic hydroxyl groups is 1. The predicted molar refractivity (Wildman–Crippen MR) is 108 cm³/mol. The molecule has 0 aliphatic heterocycles. The van der Waals surface area contributed by atoms with Crippen molar-refractivity contribution in [2.24, 2.45) is 0 Å². The van der Waals surface area contributed by atoms with Crippen LogP contribution in [0.25, 0.3) is 10.9 Å². The van der Waals surface area contributed by atoms with Gasteiger partial charge >= 0.3 is 5.97 Å². The lowest BCUT2D eigenvalue weighted by Crippen LogP contribution is -2.22. The first-order chi connectivity index (χ1) is 13.8. The molecule has 0 aliphatic rings. The molecule has 0 aliphatic carbocycles. The fourth-order valence-electron chi connectivity index (χ4n) is 3.09. The van der Waals surface area contributed by atoms with Crippen LogP contribution < -0.4 is 15.6 Å². The molecular formula is C20H19ClN2O6. The van der Waals surface area contributed by atoms with Crippen molar-refractivity contribution < 1.29 is 24.9 Å². The van der Waals surface area contributed by atoms with Gasteiger partial charge in [0.1, 0.15) is 11.5 Å². The summed E-state index contributed by atoms with van der Waals surface area (Å²) in [5.41, 5.74) is 1.01. The summed E-state index contributed by atoms with van der Waals surface area (Å²) in [6.45, 7) is 0.424. The summed E-state index contributed by atoms with van der Waals surface area (Å²) >= 11 is 6.02. The smallest absolute Gasteiger partial charge is 0.337 e. The number of carboxylic acids is 1. The number of nitrogens with one attached hydrogen (secondary N) is 2. The van der Waals surface area contributed by atoms with Gasteiger partial charge in [0.15, 0.2) is 0 Å². The Labute approximate surface area is 170 Å². The van der Waals surface area contributed by atoms with Crippen molar-refractivity contribution in [3.05, 3.63) is 68.5 Å². The molecule has 5 N–H and O–H groups in total. The number of ether oxygens (including phenoxy) is 1. The molecule has 0 spiro atoms. The summed E-state index contributed by atoms with van der Waals surface area (Å²) in [6, 6.07) is 8.71. The topological polar surface area (TPSA) is 132 Å². The maximum atomic E-state index is 11.5. The van der Waals surface area contributed by atoms with Gasteiger partial charge in [0.25, 0.3) is 0 Å². The van der Waals surface area contributed by atoms with E-state index in [2.05, 4.69) is 10.3 Å². The molecule has 3 aromatic rings. The summed E-state index contributed by atoms with van der Waals surface area (Å²) in [6.07, 6.45) is -0.927. The van der Waals surface area contributed by atoms with Crippen molar-refractivity contribution in [1.82, 2.24) is 10.3 Å². The minimum atomic E-state index is -1.15. The standard InChI is InChI=1S/C20H19ClN2O6/c1-29-17-7-13(20(27)28)14(21)6-10(17)8-22-9-16(25)11-2-4-15(24)19-12(11)3-5-18(26)23-19/h2-7,16,22,24-25H,8-9H2,1H3,(H,23,26)(H,27,28)/t16-/m0/s1. The van der Waals surface area contributed by atoms with Crippen LogP contribution in [0.15, 0.2) is 41.2 Å². The first-order valence-corrected chi connectivity index (χ1v) is 9.03. The van der Waals surface area contributed by atoms with Crippen LogP contribution >= 0.6 is 11.6 Å². The Hall–Kier alpha value is -3.07. The molecule has 0 saturated carbocycles. The number of hydrogen-bond acceptors (Lipinski definition) is 6. The minimum absolute atomic E-state index is 0.0585. The molecule has 152 valence electrons. The molecule has 1 atom stereocenters. The monoisotopic (exact) mass is 418 g/mol. The third kappa shape index (κ3) is 4.34. The van der Waals surface area contributed by atoms with Crippen molar-refractivity contribution in [3.63, 3.8) is 0 Å². The van der Waals surface area contributed by atoms with Gasteiger partial charge in [-0.2, -0.15) is 0 Å². The number of aromatic hydroxyl groups is 1. The molecule has 0 unspecified atom stereocenters. The number of hydrogen-bond donors (Lipinski definition) is 5. The lowest BCUT2D eigenvalue weighted by Gasteiger charge is -2.16.